The molecule has 1 amide bonds. The van der Waals surface area contributed by atoms with Crippen LogP contribution in [0.5, 0.6) is 0 Å². The minimum atomic E-state index is -0.956. The van der Waals surface area contributed by atoms with Gasteiger partial charge in [0, 0.05) is 6.54 Å². The number of carbonyl (C=O) groups is 1. The Balaban J connectivity index is 2.63. The third-order valence-corrected chi connectivity index (χ3v) is 2.54. The van der Waals surface area contributed by atoms with E-state index in [0.717, 1.165) is 12.1 Å². The fourth-order valence-corrected chi connectivity index (χ4v) is 1.46. The Morgan fingerprint density at radius 1 is 1.39 bits per heavy atom. The third-order valence-electron chi connectivity index (χ3n) is 2.54. The van der Waals surface area contributed by atoms with Crippen molar-refractivity contribution in [1.82, 2.24) is 5.32 Å². The van der Waals surface area contributed by atoms with Crippen LogP contribution in [0.15, 0.2) is 18.2 Å². The van der Waals surface area contributed by atoms with E-state index in [9.17, 15) is 13.6 Å². The average molecular weight is 252 g/mol. The smallest absolute Gasteiger partial charge is 0.237 e. The number of carbonyl (C=O) groups excluding carboxylic acids is 1. The lowest BCUT2D eigenvalue weighted by atomic mass is 9.96. The summed E-state index contributed by atoms with van der Waals surface area (Å²) in [7, 11) is 0. The van der Waals surface area contributed by atoms with Gasteiger partial charge in [0.25, 0.3) is 0 Å². The number of hydrogen-bond donors (Lipinski definition) is 1. The van der Waals surface area contributed by atoms with Crippen LogP contribution in [0.3, 0.4) is 0 Å². The maximum Gasteiger partial charge on any atom is 0.237 e. The topological polar surface area (TPSA) is 52.9 Å². The fourth-order valence-electron chi connectivity index (χ4n) is 1.46. The second-order valence-corrected chi connectivity index (χ2v) is 4.32. The van der Waals surface area contributed by atoms with Crippen molar-refractivity contribution in [3.63, 3.8) is 0 Å². The van der Waals surface area contributed by atoms with Crippen LogP contribution in [0.1, 0.15) is 19.4 Å². The first-order chi connectivity index (χ1) is 8.45. The minimum absolute atomic E-state index is 0.0704. The molecule has 0 saturated heterocycles. The summed E-state index contributed by atoms with van der Waals surface area (Å²) >= 11 is 0. The zero-order valence-electron chi connectivity index (χ0n) is 10.2. The Hall–Kier alpha value is -1.96. The van der Waals surface area contributed by atoms with E-state index in [4.69, 9.17) is 5.26 Å². The molecule has 3 nitrogen and oxygen atoms in total. The lowest BCUT2D eigenvalue weighted by Crippen LogP contribution is -2.32. The highest BCUT2D eigenvalue weighted by molar-refractivity contribution is 5.81. The van der Waals surface area contributed by atoms with Gasteiger partial charge in [0.05, 0.1) is 6.07 Å². The van der Waals surface area contributed by atoms with Crippen LogP contribution in [-0.4, -0.2) is 5.91 Å². The standard InChI is InChI=1S/C13H14F2N2O/c1-8(2)10(6-16)13(18)17-7-9-3-4-11(14)12(15)5-9/h3-5,8,10H,7H2,1-2H3,(H,17,18). The van der Waals surface area contributed by atoms with Crippen molar-refractivity contribution in [2.45, 2.75) is 20.4 Å². The summed E-state index contributed by atoms with van der Waals surface area (Å²) in [5.41, 5.74) is 0.447. The lowest BCUT2D eigenvalue weighted by molar-refractivity contribution is -0.124. The zero-order chi connectivity index (χ0) is 13.7. The molecule has 0 spiro atoms. The van der Waals surface area contributed by atoms with Crippen LogP contribution >= 0.6 is 0 Å². The molecule has 0 aliphatic heterocycles. The summed E-state index contributed by atoms with van der Waals surface area (Å²) < 4.78 is 25.6. The molecule has 0 aliphatic rings. The number of hydrogen-bond acceptors (Lipinski definition) is 2. The first kappa shape index (κ1) is 14.1. The van der Waals surface area contributed by atoms with Gasteiger partial charge in [0.2, 0.25) is 5.91 Å². The highest BCUT2D eigenvalue weighted by atomic mass is 19.2. The number of amides is 1. The average Bonchev–Trinajstić information content (AvgIpc) is 2.31. The van der Waals surface area contributed by atoms with E-state index in [1.165, 1.54) is 6.07 Å². The SMILES string of the molecule is CC(C)C(C#N)C(=O)NCc1ccc(F)c(F)c1. The fraction of sp³-hybridized carbons (Fsp3) is 0.385. The molecule has 18 heavy (non-hydrogen) atoms. The van der Waals surface area contributed by atoms with Crippen molar-refractivity contribution in [3.05, 3.63) is 35.4 Å². The molecule has 0 radical (unpaired) electrons. The minimum Gasteiger partial charge on any atom is -0.351 e. The number of rotatable bonds is 4. The number of nitriles is 1. The van der Waals surface area contributed by atoms with Crippen molar-refractivity contribution in [1.29, 1.82) is 5.26 Å². The zero-order valence-corrected chi connectivity index (χ0v) is 10.2. The van der Waals surface area contributed by atoms with Gasteiger partial charge in [-0.15, -0.1) is 0 Å². The molecule has 0 aliphatic carbocycles. The molecule has 1 atom stereocenters. The van der Waals surface area contributed by atoms with Crippen molar-refractivity contribution in [2.75, 3.05) is 0 Å². The third kappa shape index (κ3) is 3.52. The van der Waals surface area contributed by atoms with Crippen LogP contribution in [0.4, 0.5) is 8.78 Å². The number of nitrogens with zero attached hydrogens (tertiary/aromatic N) is 1. The van der Waals surface area contributed by atoms with Gasteiger partial charge in [-0.3, -0.25) is 4.79 Å². The molecule has 1 aromatic carbocycles. The van der Waals surface area contributed by atoms with Gasteiger partial charge in [0.1, 0.15) is 5.92 Å². The Morgan fingerprint density at radius 2 is 2.06 bits per heavy atom. The molecule has 96 valence electrons. The summed E-state index contributed by atoms with van der Waals surface area (Å²) in [4.78, 5) is 11.6. The Labute approximate surface area is 104 Å². The maximum atomic E-state index is 12.9. The van der Waals surface area contributed by atoms with Crippen LogP contribution in [0.25, 0.3) is 0 Å². The molecule has 1 unspecified atom stereocenters. The Kier molecular flexibility index (Phi) is 4.78. The van der Waals surface area contributed by atoms with Crippen LogP contribution in [-0.2, 0) is 11.3 Å². The van der Waals surface area contributed by atoms with E-state index in [-0.39, 0.29) is 12.5 Å². The van der Waals surface area contributed by atoms with Gasteiger partial charge in [0.15, 0.2) is 11.6 Å². The van der Waals surface area contributed by atoms with Crippen molar-refractivity contribution < 1.29 is 13.6 Å². The Morgan fingerprint density at radius 3 is 2.56 bits per heavy atom. The summed E-state index contributed by atoms with van der Waals surface area (Å²) in [6.45, 7) is 3.61. The number of nitrogens with one attached hydrogen (secondary N) is 1. The first-order valence-corrected chi connectivity index (χ1v) is 5.57. The quantitative estimate of drug-likeness (QED) is 0.894. The van der Waals surface area contributed by atoms with Gasteiger partial charge >= 0.3 is 0 Å². The molecule has 1 aromatic rings. The second-order valence-electron chi connectivity index (χ2n) is 4.32. The largest absolute Gasteiger partial charge is 0.351 e. The van der Waals surface area contributed by atoms with E-state index in [1.54, 1.807) is 13.8 Å². The summed E-state index contributed by atoms with van der Waals surface area (Å²) in [6, 6.07) is 5.32. The van der Waals surface area contributed by atoms with Gasteiger partial charge in [-0.2, -0.15) is 5.26 Å². The number of halogens is 2. The first-order valence-electron chi connectivity index (χ1n) is 5.57. The summed E-state index contributed by atoms with van der Waals surface area (Å²) in [5, 5.41) is 11.4. The van der Waals surface area contributed by atoms with Gasteiger partial charge in [-0.1, -0.05) is 19.9 Å². The van der Waals surface area contributed by atoms with Crippen LogP contribution in [0.2, 0.25) is 0 Å². The normalized spacial score (nSPS) is 12.0. The predicted octanol–water partition coefficient (Wildman–Crippen LogP) is 2.38. The van der Waals surface area contributed by atoms with Crippen LogP contribution in [0, 0.1) is 34.8 Å². The highest BCUT2D eigenvalue weighted by Gasteiger charge is 2.21. The van der Waals surface area contributed by atoms with Crippen molar-refractivity contribution >= 4 is 5.91 Å². The van der Waals surface area contributed by atoms with Gasteiger partial charge < -0.3 is 5.32 Å². The molecule has 0 heterocycles. The van der Waals surface area contributed by atoms with Gasteiger partial charge in [-0.25, -0.2) is 8.78 Å². The Bertz CT molecular complexity index is 480. The van der Waals surface area contributed by atoms with Crippen molar-refractivity contribution in [2.24, 2.45) is 11.8 Å². The molecule has 1 rings (SSSR count). The molecular formula is C13H14F2N2O. The van der Waals surface area contributed by atoms with Crippen molar-refractivity contribution in [3.8, 4) is 6.07 Å². The second kappa shape index (κ2) is 6.10. The predicted molar refractivity (Wildman–Crippen MR) is 62.1 cm³/mol. The molecule has 0 bridgehead atoms. The van der Waals surface area contributed by atoms with E-state index >= 15 is 0 Å². The van der Waals surface area contributed by atoms with Gasteiger partial charge in [-0.05, 0) is 23.6 Å². The van der Waals surface area contributed by atoms with E-state index < -0.39 is 23.5 Å². The summed E-state index contributed by atoms with van der Waals surface area (Å²) in [6.07, 6.45) is 0. The summed E-state index contributed by atoms with van der Waals surface area (Å²) in [5.74, 6) is -3.13. The van der Waals surface area contributed by atoms with Crippen LogP contribution < -0.4 is 5.32 Å². The molecular weight excluding hydrogens is 238 g/mol. The molecule has 0 saturated carbocycles. The molecule has 1 N–H and O–H groups in total. The molecule has 0 fully saturated rings. The number of benzene rings is 1. The molecule has 5 heteroatoms. The van der Waals surface area contributed by atoms with E-state index in [2.05, 4.69) is 5.32 Å². The molecule has 0 aromatic heterocycles. The van der Waals surface area contributed by atoms with E-state index in [1.807, 2.05) is 6.07 Å². The maximum absolute atomic E-state index is 12.9. The monoisotopic (exact) mass is 252 g/mol. The highest BCUT2D eigenvalue weighted by Crippen LogP contribution is 2.11. The van der Waals surface area contributed by atoms with E-state index in [0.29, 0.717) is 5.56 Å². The lowest BCUT2D eigenvalue weighted by Gasteiger charge is -2.13.